The Hall–Kier alpha value is -0.220. The van der Waals surface area contributed by atoms with Crippen LogP contribution in [-0.2, 0) is 4.79 Å². The topological polar surface area (TPSA) is 55.1 Å². The lowest BCUT2D eigenvalue weighted by Crippen LogP contribution is -2.42. The lowest BCUT2D eigenvalue weighted by atomic mass is 10.1. The standard InChI is InChI=1S/C9H16N2OS/c10-6-9(2-3-9)8(12)11-7-1-4-13-5-7/h7H,1-6,10H2,(H,11,12). The van der Waals surface area contributed by atoms with E-state index in [2.05, 4.69) is 5.32 Å². The van der Waals surface area contributed by atoms with Gasteiger partial charge in [-0.1, -0.05) is 0 Å². The maximum atomic E-state index is 11.7. The Kier molecular flexibility index (Phi) is 2.51. The Morgan fingerprint density at radius 1 is 1.62 bits per heavy atom. The van der Waals surface area contributed by atoms with Crippen molar-refractivity contribution in [3.8, 4) is 0 Å². The van der Waals surface area contributed by atoms with Crippen LogP contribution < -0.4 is 11.1 Å². The Balaban J connectivity index is 1.84. The second kappa shape index (κ2) is 3.50. The van der Waals surface area contributed by atoms with E-state index in [9.17, 15) is 4.79 Å². The average Bonchev–Trinajstić information content (AvgIpc) is 2.79. The van der Waals surface area contributed by atoms with Gasteiger partial charge < -0.3 is 11.1 Å². The van der Waals surface area contributed by atoms with Gasteiger partial charge in [0, 0.05) is 18.3 Å². The van der Waals surface area contributed by atoms with Gasteiger partial charge in [0.2, 0.25) is 5.91 Å². The Morgan fingerprint density at radius 2 is 2.38 bits per heavy atom. The van der Waals surface area contributed by atoms with Gasteiger partial charge in [-0.3, -0.25) is 4.79 Å². The summed E-state index contributed by atoms with van der Waals surface area (Å²) >= 11 is 1.92. The summed E-state index contributed by atoms with van der Waals surface area (Å²) in [6.07, 6.45) is 3.08. The molecule has 0 aromatic carbocycles. The second-order valence-electron chi connectivity index (χ2n) is 4.02. The molecule has 1 unspecified atom stereocenters. The second-order valence-corrected chi connectivity index (χ2v) is 5.17. The number of nitrogens with two attached hydrogens (primary N) is 1. The number of nitrogens with one attached hydrogen (secondary N) is 1. The summed E-state index contributed by atoms with van der Waals surface area (Å²) in [6.45, 7) is 0.513. The van der Waals surface area contributed by atoms with Gasteiger partial charge in [0.05, 0.1) is 5.41 Å². The molecule has 0 aromatic heterocycles. The highest BCUT2D eigenvalue weighted by atomic mass is 32.2. The van der Waals surface area contributed by atoms with Crippen molar-refractivity contribution in [1.82, 2.24) is 5.32 Å². The number of hydrogen-bond donors (Lipinski definition) is 2. The number of rotatable bonds is 3. The van der Waals surface area contributed by atoms with Gasteiger partial charge >= 0.3 is 0 Å². The largest absolute Gasteiger partial charge is 0.352 e. The van der Waals surface area contributed by atoms with Gasteiger partial charge in [0.25, 0.3) is 0 Å². The highest BCUT2D eigenvalue weighted by molar-refractivity contribution is 7.99. The first-order valence-electron chi connectivity index (χ1n) is 4.86. The zero-order valence-electron chi connectivity index (χ0n) is 7.71. The fourth-order valence-corrected chi connectivity index (χ4v) is 2.81. The van der Waals surface area contributed by atoms with Gasteiger partial charge in [0.1, 0.15) is 0 Å². The molecule has 1 aliphatic carbocycles. The first-order chi connectivity index (χ1) is 6.27. The molecule has 0 bridgehead atoms. The Bertz CT molecular complexity index is 210. The quantitative estimate of drug-likeness (QED) is 0.691. The van der Waals surface area contributed by atoms with E-state index in [4.69, 9.17) is 5.73 Å². The molecule has 1 heterocycles. The Labute approximate surface area is 82.8 Å². The van der Waals surface area contributed by atoms with Crippen LogP contribution in [0.15, 0.2) is 0 Å². The molecule has 1 saturated heterocycles. The molecule has 0 aromatic rings. The Morgan fingerprint density at radius 3 is 2.85 bits per heavy atom. The molecular weight excluding hydrogens is 184 g/mol. The van der Waals surface area contributed by atoms with E-state index in [1.165, 1.54) is 5.75 Å². The molecular formula is C9H16N2OS. The maximum Gasteiger partial charge on any atom is 0.227 e. The summed E-state index contributed by atoms with van der Waals surface area (Å²) in [6, 6.07) is 0.404. The van der Waals surface area contributed by atoms with Crippen LogP contribution >= 0.6 is 11.8 Å². The predicted molar refractivity (Wildman–Crippen MR) is 54.6 cm³/mol. The third-order valence-corrected chi connectivity index (χ3v) is 4.15. The highest BCUT2D eigenvalue weighted by Gasteiger charge is 2.48. The van der Waals surface area contributed by atoms with Crippen LogP contribution in [0.2, 0.25) is 0 Å². The molecule has 74 valence electrons. The fourth-order valence-electron chi connectivity index (χ4n) is 1.66. The number of thioether (sulfide) groups is 1. The fraction of sp³-hybridized carbons (Fsp3) is 0.889. The maximum absolute atomic E-state index is 11.7. The van der Waals surface area contributed by atoms with Crippen molar-refractivity contribution < 1.29 is 4.79 Å². The number of carbonyl (C=O) groups is 1. The van der Waals surface area contributed by atoms with E-state index in [0.29, 0.717) is 12.6 Å². The van der Waals surface area contributed by atoms with Crippen LogP contribution in [-0.4, -0.2) is 30.0 Å². The predicted octanol–water partition coefficient (Wildman–Crippen LogP) is 0.347. The molecule has 2 aliphatic rings. The molecule has 2 fully saturated rings. The third kappa shape index (κ3) is 1.83. The van der Waals surface area contributed by atoms with E-state index < -0.39 is 0 Å². The van der Waals surface area contributed by atoms with E-state index in [-0.39, 0.29) is 11.3 Å². The molecule has 4 heteroatoms. The van der Waals surface area contributed by atoms with Crippen molar-refractivity contribution in [2.24, 2.45) is 11.1 Å². The first kappa shape index (κ1) is 9.34. The minimum atomic E-state index is -0.173. The summed E-state index contributed by atoms with van der Waals surface area (Å²) < 4.78 is 0. The van der Waals surface area contributed by atoms with Gasteiger partial charge in [-0.2, -0.15) is 11.8 Å². The molecule has 1 amide bonds. The van der Waals surface area contributed by atoms with Crippen molar-refractivity contribution in [3.63, 3.8) is 0 Å². The SMILES string of the molecule is NCC1(C(=O)NC2CCSC2)CC1. The zero-order chi connectivity index (χ0) is 9.31. The van der Waals surface area contributed by atoms with Gasteiger partial charge in [0.15, 0.2) is 0 Å². The van der Waals surface area contributed by atoms with E-state index >= 15 is 0 Å². The number of amides is 1. The van der Waals surface area contributed by atoms with Crippen molar-refractivity contribution in [2.75, 3.05) is 18.1 Å². The zero-order valence-corrected chi connectivity index (χ0v) is 8.53. The highest BCUT2D eigenvalue weighted by Crippen LogP contribution is 2.44. The summed E-state index contributed by atoms with van der Waals surface area (Å²) in [5, 5.41) is 3.09. The molecule has 3 N–H and O–H groups in total. The van der Waals surface area contributed by atoms with Crippen molar-refractivity contribution in [1.29, 1.82) is 0 Å². The minimum absolute atomic E-state index is 0.173. The van der Waals surface area contributed by atoms with Gasteiger partial charge in [-0.25, -0.2) is 0 Å². The lowest BCUT2D eigenvalue weighted by molar-refractivity contribution is -0.126. The summed E-state index contributed by atoms with van der Waals surface area (Å²) in [4.78, 5) is 11.7. The summed E-state index contributed by atoms with van der Waals surface area (Å²) in [7, 11) is 0. The van der Waals surface area contributed by atoms with Crippen LogP contribution in [0.1, 0.15) is 19.3 Å². The molecule has 13 heavy (non-hydrogen) atoms. The molecule has 1 atom stereocenters. The van der Waals surface area contributed by atoms with Crippen LogP contribution in [0.25, 0.3) is 0 Å². The van der Waals surface area contributed by atoms with Crippen LogP contribution in [0.4, 0.5) is 0 Å². The summed E-state index contributed by atoms with van der Waals surface area (Å²) in [5.41, 5.74) is 5.40. The molecule has 1 saturated carbocycles. The van der Waals surface area contributed by atoms with Crippen LogP contribution in [0.3, 0.4) is 0 Å². The lowest BCUT2D eigenvalue weighted by Gasteiger charge is -2.16. The van der Waals surface area contributed by atoms with Crippen LogP contribution in [0.5, 0.6) is 0 Å². The van der Waals surface area contributed by atoms with Crippen LogP contribution in [0, 0.1) is 5.41 Å². The smallest absolute Gasteiger partial charge is 0.227 e. The molecule has 1 aliphatic heterocycles. The normalized spacial score (nSPS) is 30.1. The van der Waals surface area contributed by atoms with Crippen molar-refractivity contribution in [2.45, 2.75) is 25.3 Å². The van der Waals surface area contributed by atoms with Gasteiger partial charge in [-0.05, 0) is 25.0 Å². The van der Waals surface area contributed by atoms with E-state index in [1.54, 1.807) is 0 Å². The van der Waals surface area contributed by atoms with Crippen molar-refractivity contribution >= 4 is 17.7 Å². The number of carbonyl (C=O) groups excluding carboxylic acids is 1. The monoisotopic (exact) mass is 200 g/mol. The minimum Gasteiger partial charge on any atom is -0.352 e. The molecule has 0 spiro atoms. The first-order valence-corrected chi connectivity index (χ1v) is 6.01. The molecule has 3 nitrogen and oxygen atoms in total. The van der Waals surface area contributed by atoms with Gasteiger partial charge in [-0.15, -0.1) is 0 Å². The van der Waals surface area contributed by atoms with E-state index in [0.717, 1.165) is 25.0 Å². The summed E-state index contributed by atoms with van der Waals surface area (Å²) in [5.74, 6) is 2.45. The average molecular weight is 200 g/mol. The third-order valence-electron chi connectivity index (χ3n) is 2.99. The number of hydrogen-bond acceptors (Lipinski definition) is 3. The molecule has 0 radical (unpaired) electrons. The van der Waals surface area contributed by atoms with Crippen molar-refractivity contribution in [3.05, 3.63) is 0 Å². The van der Waals surface area contributed by atoms with E-state index in [1.807, 2.05) is 11.8 Å². The molecule has 2 rings (SSSR count).